The van der Waals surface area contributed by atoms with Gasteiger partial charge in [0.1, 0.15) is 17.9 Å². The van der Waals surface area contributed by atoms with Crippen LogP contribution < -0.4 is 15.7 Å². The number of ether oxygens (including phenoxy) is 1. The van der Waals surface area contributed by atoms with Crippen LogP contribution in [0.1, 0.15) is 21.7 Å². The fraction of sp³-hybridized carbons (Fsp3) is 0.0952. The second kappa shape index (κ2) is 7.51. The van der Waals surface area contributed by atoms with Gasteiger partial charge in [-0.2, -0.15) is 0 Å². The first-order valence-corrected chi connectivity index (χ1v) is 8.75. The molecular formula is C21H16N2O6. The van der Waals surface area contributed by atoms with Gasteiger partial charge in [0.15, 0.2) is 11.3 Å². The summed E-state index contributed by atoms with van der Waals surface area (Å²) >= 11 is 0. The molecule has 0 fully saturated rings. The van der Waals surface area contributed by atoms with Crippen molar-refractivity contribution < 1.29 is 19.1 Å². The molecule has 1 aromatic carbocycles. The van der Waals surface area contributed by atoms with E-state index in [4.69, 9.17) is 9.15 Å². The molecule has 3 heterocycles. The second-order valence-corrected chi connectivity index (χ2v) is 6.35. The number of pyridine rings is 1. The summed E-state index contributed by atoms with van der Waals surface area (Å²) in [5.41, 5.74) is -1.08. The Morgan fingerprint density at radius 2 is 1.86 bits per heavy atom. The summed E-state index contributed by atoms with van der Waals surface area (Å²) in [6.45, 7) is 0.177. The molecule has 0 bridgehead atoms. The maximum atomic E-state index is 13.1. The Morgan fingerprint density at radius 1 is 1.07 bits per heavy atom. The number of nitrogens with zero attached hydrogens (tertiary/aromatic N) is 2. The van der Waals surface area contributed by atoms with Gasteiger partial charge in [0.25, 0.3) is 5.56 Å². The van der Waals surface area contributed by atoms with Crippen molar-refractivity contribution >= 4 is 11.5 Å². The molecule has 0 radical (unpaired) electrons. The maximum absolute atomic E-state index is 13.1. The number of carbonyl (C=O) groups is 1. The highest BCUT2D eigenvalue weighted by atomic mass is 16.5. The van der Waals surface area contributed by atoms with Gasteiger partial charge < -0.3 is 23.2 Å². The Labute approximate surface area is 163 Å². The van der Waals surface area contributed by atoms with E-state index in [2.05, 4.69) is 0 Å². The number of furan rings is 1. The highest BCUT2D eigenvalue weighted by Gasteiger charge is 2.20. The first-order chi connectivity index (χ1) is 14.0. The number of benzene rings is 1. The summed E-state index contributed by atoms with van der Waals surface area (Å²) < 4.78 is 13.6. The lowest BCUT2D eigenvalue weighted by molar-refractivity contribution is 0.0694. The number of hydrogen-bond donors (Lipinski definition) is 1. The van der Waals surface area contributed by atoms with Crippen LogP contribution in [0.4, 0.5) is 0 Å². The lowest BCUT2D eigenvalue weighted by atomic mass is 10.2. The molecule has 4 aromatic rings. The van der Waals surface area contributed by atoms with Crippen molar-refractivity contribution in [1.82, 2.24) is 8.97 Å². The quantitative estimate of drug-likeness (QED) is 0.540. The van der Waals surface area contributed by atoms with E-state index in [-0.39, 0.29) is 24.4 Å². The lowest BCUT2D eigenvalue weighted by Crippen LogP contribution is -2.27. The Morgan fingerprint density at radius 3 is 2.55 bits per heavy atom. The molecule has 3 aromatic heterocycles. The van der Waals surface area contributed by atoms with Gasteiger partial charge in [0.2, 0.25) is 5.43 Å². The van der Waals surface area contributed by atoms with Crippen LogP contribution >= 0.6 is 0 Å². The number of hydrogen-bond acceptors (Lipinski definition) is 5. The molecule has 8 nitrogen and oxygen atoms in total. The lowest BCUT2D eigenvalue weighted by Gasteiger charge is -2.13. The Kier molecular flexibility index (Phi) is 4.74. The minimum absolute atomic E-state index is 0.0152. The molecule has 29 heavy (non-hydrogen) atoms. The molecule has 4 rings (SSSR count). The number of aromatic nitrogens is 2. The minimum Gasteiger partial charge on any atom is -0.483 e. The van der Waals surface area contributed by atoms with Crippen molar-refractivity contribution in [2.45, 2.75) is 13.2 Å². The van der Waals surface area contributed by atoms with Crippen LogP contribution in [-0.4, -0.2) is 20.0 Å². The number of fused-ring (bicyclic) bond motifs is 1. The fourth-order valence-electron chi connectivity index (χ4n) is 3.00. The van der Waals surface area contributed by atoms with Crippen molar-refractivity contribution in [2.75, 3.05) is 0 Å². The molecular weight excluding hydrogens is 376 g/mol. The Balaban J connectivity index is 1.86. The molecule has 0 amide bonds. The predicted molar refractivity (Wildman–Crippen MR) is 103 cm³/mol. The van der Waals surface area contributed by atoms with Crippen LogP contribution in [0.2, 0.25) is 0 Å². The molecule has 0 spiro atoms. The zero-order chi connectivity index (χ0) is 20.4. The average molecular weight is 392 g/mol. The van der Waals surface area contributed by atoms with Gasteiger partial charge in [-0.25, -0.2) is 4.79 Å². The topological polar surface area (TPSA) is 103 Å². The summed E-state index contributed by atoms with van der Waals surface area (Å²) in [7, 11) is 0. The van der Waals surface area contributed by atoms with Gasteiger partial charge in [-0.3, -0.25) is 9.59 Å². The first-order valence-electron chi connectivity index (χ1n) is 8.75. The highest BCUT2D eigenvalue weighted by Crippen LogP contribution is 2.16. The zero-order valence-electron chi connectivity index (χ0n) is 15.1. The monoisotopic (exact) mass is 392 g/mol. The van der Waals surface area contributed by atoms with E-state index < -0.39 is 22.5 Å². The largest absolute Gasteiger partial charge is 0.483 e. The summed E-state index contributed by atoms with van der Waals surface area (Å²) in [4.78, 5) is 37.3. The third kappa shape index (κ3) is 3.55. The van der Waals surface area contributed by atoms with Crippen molar-refractivity contribution in [3.05, 3.63) is 105 Å². The summed E-state index contributed by atoms with van der Waals surface area (Å²) in [6, 6.07) is 12.5. The SMILES string of the molecule is O=C(O)c1cn2ccn(Cc3ccco3)c(=O)c2c(OCc2ccccc2)c1=O. The van der Waals surface area contributed by atoms with E-state index in [9.17, 15) is 19.5 Å². The smallest absolute Gasteiger partial charge is 0.341 e. The van der Waals surface area contributed by atoms with Crippen molar-refractivity contribution in [1.29, 1.82) is 0 Å². The van der Waals surface area contributed by atoms with Gasteiger partial charge in [-0.1, -0.05) is 30.3 Å². The van der Waals surface area contributed by atoms with Crippen LogP contribution in [0.15, 0.2) is 81.3 Å². The van der Waals surface area contributed by atoms with Crippen LogP contribution in [0, 0.1) is 0 Å². The van der Waals surface area contributed by atoms with E-state index in [1.807, 2.05) is 18.2 Å². The zero-order valence-corrected chi connectivity index (χ0v) is 15.1. The Hall–Kier alpha value is -4.07. The van der Waals surface area contributed by atoms with Crippen molar-refractivity contribution in [3.8, 4) is 5.75 Å². The molecule has 146 valence electrons. The molecule has 0 aliphatic carbocycles. The molecule has 0 saturated carbocycles. The minimum atomic E-state index is -1.39. The number of carboxylic acids is 1. The van der Waals surface area contributed by atoms with E-state index in [0.29, 0.717) is 5.76 Å². The number of aromatic carboxylic acids is 1. The molecule has 0 saturated heterocycles. The van der Waals surface area contributed by atoms with E-state index >= 15 is 0 Å². The normalized spacial score (nSPS) is 10.9. The number of rotatable bonds is 6. The predicted octanol–water partition coefficient (Wildman–Crippen LogP) is 2.38. The summed E-state index contributed by atoms with van der Waals surface area (Å²) in [5.74, 6) is -1.13. The van der Waals surface area contributed by atoms with Crippen LogP contribution in [0.25, 0.3) is 5.52 Å². The summed E-state index contributed by atoms with van der Waals surface area (Å²) in [6.07, 6.45) is 5.61. The van der Waals surface area contributed by atoms with Gasteiger partial charge in [-0.15, -0.1) is 0 Å². The summed E-state index contributed by atoms with van der Waals surface area (Å²) in [5, 5.41) is 9.37. The van der Waals surface area contributed by atoms with Gasteiger partial charge >= 0.3 is 5.97 Å². The number of carboxylic acid groups (broad SMARTS) is 1. The van der Waals surface area contributed by atoms with Crippen LogP contribution in [-0.2, 0) is 13.2 Å². The highest BCUT2D eigenvalue weighted by molar-refractivity contribution is 5.88. The third-order valence-electron chi connectivity index (χ3n) is 4.43. The molecule has 0 unspecified atom stereocenters. The van der Waals surface area contributed by atoms with Crippen LogP contribution in [0.5, 0.6) is 5.75 Å². The first kappa shape index (κ1) is 18.3. The molecule has 0 aliphatic rings. The van der Waals surface area contributed by atoms with E-state index in [0.717, 1.165) is 11.8 Å². The Bertz CT molecular complexity index is 1290. The van der Waals surface area contributed by atoms with Gasteiger partial charge in [0, 0.05) is 18.6 Å². The molecule has 8 heteroatoms. The third-order valence-corrected chi connectivity index (χ3v) is 4.43. The molecule has 0 aliphatic heterocycles. The maximum Gasteiger partial charge on any atom is 0.341 e. The second-order valence-electron chi connectivity index (χ2n) is 6.35. The average Bonchev–Trinajstić information content (AvgIpc) is 3.23. The van der Waals surface area contributed by atoms with Crippen LogP contribution in [0.3, 0.4) is 0 Å². The standard InChI is InChI=1S/C21H16N2O6/c24-18-16(21(26)27)12-22-8-9-23(11-15-7-4-10-28-15)20(25)17(22)19(18)29-13-14-5-2-1-3-6-14/h1-10,12H,11,13H2,(H,26,27). The van der Waals surface area contributed by atoms with Crippen molar-refractivity contribution in [2.24, 2.45) is 0 Å². The van der Waals surface area contributed by atoms with E-state index in [1.54, 1.807) is 24.3 Å². The fourth-order valence-corrected chi connectivity index (χ4v) is 3.00. The molecule has 0 atom stereocenters. The van der Waals surface area contributed by atoms with Gasteiger partial charge in [0.05, 0.1) is 12.8 Å². The van der Waals surface area contributed by atoms with Gasteiger partial charge in [-0.05, 0) is 17.7 Å². The van der Waals surface area contributed by atoms with Crippen molar-refractivity contribution in [3.63, 3.8) is 0 Å². The van der Waals surface area contributed by atoms with E-state index in [1.165, 1.54) is 27.6 Å². The molecule has 1 N–H and O–H groups in total.